The molecular weight excluding hydrogens is 378 g/mol. The molecule has 1 aromatic heterocycles. The topological polar surface area (TPSA) is 57.7 Å². The van der Waals surface area contributed by atoms with Crippen LogP contribution in [0.3, 0.4) is 0 Å². The maximum atomic E-state index is 11.7. The molecule has 5 heteroatoms. The van der Waals surface area contributed by atoms with Crippen LogP contribution in [0.2, 0.25) is 0 Å². The molecule has 0 radical (unpaired) electrons. The highest BCUT2D eigenvalue weighted by molar-refractivity contribution is 5.73. The van der Waals surface area contributed by atoms with Gasteiger partial charge in [-0.15, -0.1) is 0 Å². The van der Waals surface area contributed by atoms with Gasteiger partial charge in [0, 0.05) is 11.6 Å². The third-order valence-corrected chi connectivity index (χ3v) is 9.04. The van der Waals surface area contributed by atoms with Crippen LogP contribution < -0.4 is 4.74 Å². The Bertz CT molecular complexity index is 897. The number of rotatable bonds is 3. The van der Waals surface area contributed by atoms with Gasteiger partial charge in [-0.2, -0.15) is 0 Å². The summed E-state index contributed by atoms with van der Waals surface area (Å²) in [4.78, 5) is 16.2. The maximum Gasteiger partial charge on any atom is 0.508 e. The molecule has 4 aliphatic rings. The second kappa shape index (κ2) is 6.73. The third-order valence-electron chi connectivity index (χ3n) is 9.04. The summed E-state index contributed by atoms with van der Waals surface area (Å²) in [6, 6.07) is 2.15. The number of ether oxygens (including phenoxy) is 3. The Morgan fingerprint density at radius 2 is 1.97 bits per heavy atom. The zero-order chi connectivity index (χ0) is 21.1. The molecule has 0 bridgehead atoms. The number of hydrogen-bond acceptors (Lipinski definition) is 5. The minimum Gasteiger partial charge on any atom is -0.492 e. The molecule has 0 spiro atoms. The van der Waals surface area contributed by atoms with Gasteiger partial charge in [-0.25, -0.2) is 4.79 Å². The minimum absolute atomic E-state index is 0.0120. The number of pyridine rings is 1. The second-order valence-electron chi connectivity index (χ2n) is 10.5. The lowest BCUT2D eigenvalue weighted by Gasteiger charge is -2.64. The van der Waals surface area contributed by atoms with Crippen LogP contribution in [-0.2, 0) is 9.47 Å². The fourth-order valence-electron chi connectivity index (χ4n) is 7.68. The summed E-state index contributed by atoms with van der Waals surface area (Å²) in [6.07, 6.45) is 11.1. The molecule has 1 aromatic rings. The van der Waals surface area contributed by atoms with Gasteiger partial charge in [0.05, 0.1) is 12.8 Å². The average Bonchev–Trinajstić information content (AvgIpc) is 3.07. The Labute approximate surface area is 179 Å². The summed E-state index contributed by atoms with van der Waals surface area (Å²) in [5, 5.41) is 0. The van der Waals surface area contributed by atoms with Gasteiger partial charge in [-0.05, 0) is 78.9 Å². The van der Waals surface area contributed by atoms with E-state index >= 15 is 0 Å². The third kappa shape index (κ3) is 2.66. The first kappa shape index (κ1) is 19.9. The molecule has 2 saturated carbocycles. The number of hydrogen-bond donors (Lipinski definition) is 0. The lowest BCUT2D eigenvalue weighted by atomic mass is 9.42. The van der Waals surface area contributed by atoms with Gasteiger partial charge in [0.15, 0.2) is 0 Å². The SMILES string of the molecule is CCOc1cncc(C2=CC[C@@H]3[C@]2(C)CCC2[C@@]4(C)COC(=O)OC4CC[C@]23C)c1. The molecule has 5 nitrogen and oxygen atoms in total. The Balaban J connectivity index is 1.47. The van der Waals surface area contributed by atoms with Crippen LogP contribution in [0.25, 0.3) is 5.57 Å². The van der Waals surface area contributed by atoms with E-state index in [4.69, 9.17) is 14.2 Å². The number of carbonyl (C=O) groups excluding carboxylic acids is 1. The maximum absolute atomic E-state index is 11.7. The van der Waals surface area contributed by atoms with Crippen LogP contribution in [0.4, 0.5) is 4.79 Å². The molecule has 1 saturated heterocycles. The van der Waals surface area contributed by atoms with Crippen molar-refractivity contribution >= 4 is 11.7 Å². The van der Waals surface area contributed by atoms with Crippen molar-refractivity contribution in [3.05, 3.63) is 30.1 Å². The average molecular weight is 412 g/mol. The number of cyclic esters (lactones) is 1. The summed E-state index contributed by atoms with van der Waals surface area (Å²) in [5.41, 5.74) is 2.87. The highest BCUT2D eigenvalue weighted by Crippen LogP contribution is 2.70. The summed E-state index contributed by atoms with van der Waals surface area (Å²) in [7, 11) is 0. The van der Waals surface area contributed by atoms with Gasteiger partial charge >= 0.3 is 6.16 Å². The van der Waals surface area contributed by atoms with Crippen molar-refractivity contribution < 1.29 is 19.0 Å². The molecule has 0 aromatic carbocycles. The van der Waals surface area contributed by atoms with Crippen molar-refractivity contribution in [1.29, 1.82) is 0 Å². The number of nitrogens with zero attached hydrogens (tertiary/aromatic N) is 1. The molecule has 3 fully saturated rings. The Hall–Kier alpha value is -2.04. The number of carbonyl (C=O) groups is 1. The highest BCUT2D eigenvalue weighted by atomic mass is 16.7. The first-order chi connectivity index (χ1) is 14.3. The highest BCUT2D eigenvalue weighted by Gasteiger charge is 2.65. The summed E-state index contributed by atoms with van der Waals surface area (Å²) < 4.78 is 16.8. The van der Waals surface area contributed by atoms with E-state index in [-0.39, 0.29) is 22.3 Å². The largest absolute Gasteiger partial charge is 0.508 e. The number of aromatic nitrogens is 1. The molecular formula is C25H33NO4. The summed E-state index contributed by atoms with van der Waals surface area (Å²) in [6.45, 7) is 10.4. The second-order valence-corrected chi connectivity index (χ2v) is 10.5. The van der Waals surface area contributed by atoms with Crippen molar-refractivity contribution in [3.8, 4) is 5.75 Å². The number of fused-ring (bicyclic) bond motifs is 5. The van der Waals surface area contributed by atoms with E-state index < -0.39 is 6.16 Å². The molecule has 162 valence electrons. The van der Waals surface area contributed by atoms with E-state index in [1.165, 1.54) is 11.1 Å². The van der Waals surface area contributed by atoms with Gasteiger partial charge in [-0.1, -0.05) is 26.8 Å². The van der Waals surface area contributed by atoms with Crippen LogP contribution in [0.5, 0.6) is 5.75 Å². The van der Waals surface area contributed by atoms with E-state index in [2.05, 4.69) is 37.9 Å². The van der Waals surface area contributed by atoms with Crippen LogP contribution in [0.1, 0.15) is 65.4 Å². The fraction of sp³-hybridized carbons (Fsp3) is 0.680. The number of allylic oxidation sites excluding steroid dienone is 2. The molecule has 2 heterocycles. The van der Waals surface area contributed by atoms with Gasteiger partial charge < -0.3 is 14.2 Å². The van der Waals surface area contributed by atoms with Crippen molar-refractivity contribution in [2.45, 2.75) is 65.9 Å². The van der Waals surface area contributed by atoms with Crippen molar-refractivity contribution in [2.24, 2.45) is 28.1 Å². The minimum atomic E-state index is -0.492. The van der Waals surface area contributed by atoms with E-state index in [1.807, 2.05) is 13.1 Å². The first-order valence-corrected chi connectivity index (χ1v) is 11.4. The zero-order valence-electron chi connectivity index (χ0n) is 18.6. The normalized spacial score (nSPS) is 42.2. The van der Waals surface area contributed by atoms with Crippen molar-refractivity contribution in [3.63, 3.8) is 0 Å². The van der Waals surface area contributed by atoms with Crippen molar-refractivity contribution in [1.82, 2.24) is 4.98 Å². The molecule has 3 aliphatic carbocycles. The lowest BCUT2D eigenvalue weighted by Crippen LogP contribution is -2.62. The lowest BCUT2D eigenvalue weighted by molar-refractivity contribution is -0.209. The van der Waals surface area contributed by atoms with E-state index in [0.717, 1.165) is 37.9 Å². The van der Waals surface area contributed by atoms with Crippen LogP contribution in [0.15, 0.2) is 24.5 Å². The standard InChI is InChI=1S/C25H33NO4/c1-5-28-17-12-16(13-26-14-17)18-6-7-19-23(18,2)10-8-20-24(19,3)11-9-21-25(20,4)15-29-22(27)30-21/h6,12-14,19-21H,5,7-11,15H2,1-4H3/t19-,20?,21?,23-,24+,25-/m1/s1. The summed E-state index contributed by atoms with van der Waals surface area (Å²) >= 11 is 0. The van der Waals surface area contributed by atoms with E-state index in [0.29, 0.717) is 25.0 Å². The van der Waals surface area contributed by atoms with Gasteiger partial charge in [0.1, 0.15) is 18.5 Å². The molecule has 30 heavy (non-hydrogen) atoms. The molecule has 0 N–H and O–H groups in total. The van der Waals surface area contributed by atoms with Crippen molar-refractivity contribution in [2.75, 3.05) is 13.2 Å². The Morgan fingerprint density at radius 1 is 1.13 bits per heavy atom. The fourth-order valence-corrected chi connectivity index (χ4v) is 7.68. The van der Waals surface area contributed by atoms with Crippen LogP contribution >= 0.6 is 0 Å². The molecule has 5 rings (SSSR count). The molecule has 0 amide bonds. The monoisotopic (exact) mass is 411 g/mol. The quantitative estimate of drug-likeness (QED) is 0.602. The van der Waals surface area contributed by atoms with Crippen LogP contribution in [0, 0.1) is 28.1 Å². The molecule has 2 unspecified atom stereocenters. The first-order valence-electron chi connectivity index (χ1n) is 11.4. The van der Waals surface area contributed by atoms with E-state index in [1.54, 1.807) is 6.20 Å². The van der Waals surface area contributed by atoms with Crippen LogP contribution in [-0.4, -0.2) is 30.5 Å². The Morgan fingerprint density at radius 3 is 2.77 bits per heavy atom. The molecule has 1 aliphatic heterocycles. The van der Waals surface area contributed by atoms with Gasteiger partial charge in [-0.3, -0.25) is 4.98 Å². The molecule has 6 atom stereocenters. The predicted octanol–water partition coefficient (Wildman–Crippen LogP) is 5.64. The zero-order valence-corrected chi connectivity index (χ0v) is 18.6. The van der Waals surface area contributed by atoms with Gasteiger partial charge in [0.25, 0.3) is 0 Å². The summed E-state index contributed by atoms with van der Waals surface area (Å²) in [5.74, 6) is 1.91. The Kier molecular flexibility index (Phi) is 4.46. The predicted molar refractivity (Wildman–Crippen MR) is 114 cm³/mol. The van der Waals surface area contributed by atoms with Gasteiger partial charge in [0.2, 0.25) is 0 Å². The smallest absolute Gasteiger partial charge is 0.492 e. The van der Waals surface area contributed by atoms with E-state index in [9.17, 15) is 4.79 Å².